The van der Waals surface area contributed by atoms with Gasteiger partial charge in [-0.25, -0.2) is 0 Å². The Morgan fingerprint density at radius 1 is 1.05 bits per heavy atom. The maximum Gasteiger partial charge on any atom is 0.119 e. The number of rotatable bonds is 6. The third-order valence-electron chi connectivity index (χ3n) is 2.86. The number of ether oxygens (including phenoxy) is 2. The Morgan fingerprint density at radius 2 is 1.80 bits per heavy atom. The van der Waals surface area contributed by atoms with Gasteiger partial charge in [-0.05, 0) is 35.4 Å². The Morgan fingerprint density at radius 3 is 2.45 bits per heavy atom. The number of benzene rings is 2. The van der Waals surface area contributed by atoms with E-state index in [2.05, 4.69) is 0 Å². The van der Waals surface area contributed by atoms with Gasteiger partial charge in [0.2, 0.25) is 0 Å². The molecule has 0 saturated carbocycles. The zero-order valence-corrected chi connectivity index (χ0v) is 11.4. The Labute approximate surface area is 118 Å². The minimum atomic E-state index is 0.162. The summed E-state index contributed by atoms with van der Waals surface area (Å²) in [7, 11) is 1.65. The maximum atomic E-state index is 7.25. The average molecular weight is 270 g/mol. The van der Waals surface area contributed by atoms with Gasteiger partial charge >= 0.3 is 0 Å². The molecular formula is C16H18N2O2. The molecule has 3 N–H and O–H groups in total. The van der Waals surface area contributed by atoms with E-state index in [1.165, 1.54) is 0 Å². The summed E-state index contributed by atoms with van der Waals surface area (Å²) in [6.45, 7) is 0.489. The molecule has 0 bridgehead atoms. The van der Waals surface area contributed by atoms with Crippen LogP contribution < -0.4 is 15.2 Å². The second-order valence-electron chi connectivity index (χ2n) is 4.49. The van der Waals surface area contributed by atoms with Gasteiger partial charge in [-0.2, -0.15) is 0 Å². The summed E-state index contributed by atoms with van der Waals surface area (Å²) in [5.41, 5.74) is 7.42. The highest BCUT2D eigenvalue weighted by Gasteiger charge is 2.00. The Bertz CT molecular complexity index is 579. The van der Waals surface area contributed by atoms with Gasteiger partial charge in [-0.1, -0.05) is 24.3 Å². The van der Waals surface area contributed by atoms with Crippen LogP contribution in [0.5, 0.6) is 11.5 Å². The fraction of sp³-hybridized carbons (Fsp3) is 0.188. The van der Waals surface area contributed by atoms with Gasteiger partial charge in [-0.3, -0.25) is 5.41 Å². The van der Waals surface area contributed by atoms with E-state index in [0.717, 1.165) is 22.6 Å². The molecule has 0 spiro atoms. The molecule has 2 rings (SSSR count). The van der Waals surface area contributed by atoms with Crippen molar-refractivity contribution in [3.63, 3.8) is 0 Å². The molecular weight excluding hydrogens is 252 g/mol. The van der Waals surface area contributed by atoms with Gasteiger partial charge in [0, 0.05) is 6.42 Å². The highest BCUT2D eigenvalue weighted by molar-refractivity contribution is 5.79. The van der Waals surface area contributed by atoms with E-state index >= 15 is 0 Å². The first-order valence-corrected chi connectivity index (χ1v) is 6.35. The summed E-state index contributed by atoms with van der Waals surface area (Å²) in [5, 5.41) is 7.25. The first kappa shape index (κ1) is 13.9. The molecule has 0 amide bonds. The van der Waals surface area contributed by atoms with Crippen molar-refractivity contribution in [1.29, 1.82) is 5.41 Å². The lowest BCUT2D eigenvalue weighted by molar-refractivity contribution is 0.305. The third-order valence-corrected chi connectivity index (χ3v) is 2.86. The summed E-state index contributed by atoms with van der Waals surface area (Å²) in [5.74, 6) is 1.78. The molecule has 2 aromatic rings. The second-order valence-corrected chi connectivity index (χ2v) is 4.49. The summed E-state index contributed by atoms with van der Waals surface area (Å²) in [6.07, 6.45) is 0.468. The molecule has 4 nitrogen and oxygen atoms in total. The van der Waals surface area contributed by atoms with Crippen LogP contribution in [0.3, 0.4) is 0 Å². The van der Waals surface area contributed by atoms with Crippen LogP contribution in [0.1, 0.15) is 11.1 Å². The molecule has 0 saturated heterocycles. The molecule has 0 aliphatic carbocycles. The van der Waals surface area contributed by atoms with Crippen LogP contribution in [0.2, 0.25) is 0 Å². The monoisotopic (exact) mass is 270 g/mol. The van der Waals surface area contributed by atoms with Crippen molar-refractivity contribution >= 4 is 5.84 Å². The number of amidine groups is 1. The zero-order chi connectivity index (χ0) is 14.4. The van der Waals surface area contributed by atoms with Crippen molar-refractivity contribution in [1.82, 2.24) is 0 Å². The summed E-state index contributed by atoms with van der Waals surface area (Å²) >= 11 is 0. The lowest BCUT2D eigenvalue weighted by Crippen LogP contribution is -2.12. The van der Waals surface area contributed by atoms with E-state index < -0.39 is 0 Å². The SMILES string of the molecule is COc1cccc(COc2ccc(CC(=N)N)cc2)c1. The van der Waals surface area contributed by atoms with Crippen LogP contribution in [0.15, 0.2) is 48.5 Å². The summed E-state index contributed by atoms with van der Waals surface area (Å²) < 4.78 is 10.9. The van der Waals surface area contributed by atoms with Crippen molar-refractivity contribution in [3.05, 3.63) is 59.7 Å². The predicted octanol–water partition coefficient (Wildman–Crippen LogP) is 2.75. The Kier molecular flexibility index (Phi) is 4.60. The molecule has 104 valence electrons. The van der Waals surface area contributed by atoms with Crippen LogP contribution in [0.25, 0.3) is 0 Å². The van der Waals surface area contributed by atoms with Crippen LogP contribution >= 0.6 is 0 Å². The second kappa shape index (κ2) is 6.61. The lowest BCUT2D eigenvalue weighted by Gasteiger charge is -2.08. The van der Waals surface area contributed by atoms with Crippen molar-refractivity contribution < 1.29 is 9.47 Å². The molecule has 0 aromatic heterocycles. The molecule has 0 aliphatic heterocycles. The van der Waals surface area contributed by atoms with Gasteiger partial charge in [0.15, 0.2) is 0 Å². The van der Waals surface area contributed by atoms with E-state index in [4.69, 9.17) is 20.6 Å². The quantitative estimate of drug-likeness (QED) is 0.626. The Balaban J connectivity index is 1.94. The number of hydrogen-bond acceptors (Lipinski definition) is 3. The van der Waals surface area contributed by atoms with Crippen LogP contribution in [0, 0.1) is 5.41 Å². The van der Waals surface area contributed by atoms with Crippen LogP contribution in [0.4, 0.5) is 0 Å². The Hall–Kier alpha value is -2.49. The topological polar surface area (TPSA) is 68.3 Å². The first-order chi connectivity index (χ1) is 9.67. The van der Waals surface area contributed by atoms with Gasteiger partial charge < -0.3 is 15.2 Å². The molecule has 4 heteroatoms. The number of methoxy groups -OCH3 is 1. The molecule has 2 aromatic carbocycles. The fourth-order valence-electron chi connectivity index (χ4n) is 1.85. The van der Waals surface area contributed by atoms with Crippen molar-refractivity contribution in [2.75, 3.05) is 7.11 Å². The van der Waals surface area contributed by atoms with E-state index in [9.17, 15) is 0 Å². The van der Waals surface area contributed by atoms with Crippen molar-refractivity contribution in [3.8, 4) is 11.5 Å². The van der Waals surface area contributed by atoms with Gasteiger partial charge in [0.1, 0.15) is 18.1 Å². The first-order valence-electron chi connectivity index (χ1n) is 6.35. The number of hydrogen-bond donors (Lipinski definition) is 2. The van der Waals surface area contributed by atoms with Crippen LogP contribution in [-0.2, 0) is 13.0 Å². The zero-order valence-electron chi connectivity index (χ0n) is 11.4. The molecule has 0 heterocycles. The highest BCUT2D eigenvalue weighted by atomic mass is 16.5. The minimum Gasteiger partial charge on any atom is -0.497 e. The maximum absolute atomic E-state index is 7.25. The fourth-order valence-corrected chi connectivity index (χ4v) is 1.85. The predicted molar refractivity (Wildman–Crippen MR) is 79.4 cm³/mol. The van der Waals surface area contributed by atoms with Gasteiger partial charge in [0.05, 0.1) is 12.9 Å². The third kappa shape index (κ3) is 4.02. The molecule has 0 fully saturated rings. The molecule has 20 heavy (non-hydrogen) atoms. The largest absolute Gasteiger partial charge is 0.497 e. The van der Waals surface area contributed by atoms with Crippen molar-refractivity contribution in [2.24, 2.45) is 5.73 Å². The van der Waals surface area contributed by atoms with Gasteiger partial charge in [-0.15, -0.1) is 0 Å². The van der Waals surface area contributed by atoms with E-state index in [1.807, 2.05) is 48.5 Å². The standard InChI is InChI=1S/C16H18N2O2/c1-19-15-4-2-3-13(9-15)11-20-14-7-5-12(6-8-14)10-16(17)18/h2-9H,10-11H2,1H3,(H3,17,18). The van der Waals surface area contributed by atoms with Gasteiger partial charge in [0.25, 0.3) is 0 Å². The molecule has 0 radical (unpaired) electrons. The number of nitrogens with one attached hydrogen (secondary N) is 1. The molecule has 0 aliphatic rings. The van der Waals surface area contributed by atoms with E-state index in [-0.39, 0.29) is 5.84 Å². The van der Waals surface area contributed by atoms with Crippen LogP contribution in [-0.4, -0.2) is 12.9 Å². The normalized spacial score (nSPS) is 10.1. The summed E-state index contributed by atoms with van der Waals surface area (Å²) in [6, 6.07) is 15.4. The van der Waals surface area contributed by atoms with Crippen molar-refractivity contribution in [2.45, 2.75) is 13.0 Å². The highest BCUT2D eigenvalue weighted by Crippen LogP contribution is 2.17. The number of nitrogens with two attached hydrogens (primary N) is 1. The lowest BCUT2D eigenvalue weighted by atomic mass is 10.1. The molecule has 0 atom stereocenters. The minimum absolute atomic E-state index is 0.162. The molecule has 0 unspecified atom stereocenters. The summed E-state index contributed by atoms with van der Waals surface area (Å²) in [4.78, 5) is 0. The smallest absolute Gasteiger partial charge is 0.119 e. The van der Waals surface area contributed by atoms with E-state index in [0.29, 0.717) is 13.0 Å². The van der Waals surface area contributed by atoms with E-state index in [1.54, 1.807) is 7.11 Å². The average Bonchev–Trinajstić information content (AvgIpc) is 2.46.